The summed E-state index contributed by atoms with van der Waals surface area (Å²) in [5, 5.41) is 14.1. The van der Waals surface area contributed by atoms with Gasteiger partial charge < -0.3 is 10.6 Å². The van der Waals surface area contributed by atoms with Gasteiger partial charge in [0, 0.05) is 25.5 Å². The molecule has 0 saturated carbocycles. The Hall–Kier alpha value is -2.16. The summed E-state index contributed by atoms with van der Waals surface area (Å²) in [6, 6.07) is -0.526. The zero-order valence-electron chi connectivity index (χ0n) is 14.8. The number of rotatable bonds is 7. The molecular formula is C16H23BrN6O2. The van der Waals surface area contributed by atoms with E-state index >= 15 is 0 Å². The molecule has 0 aliphatic carbocycles. The Labute approximate surface area is 155 Å². The molecule has 2 aromatic heterocycles. The molecule has 2 aromatic rings. The molecule has 0 fully saturated rings. The summed E-state index contributed by atoms with van der Waals surface area (Å²) < 4.78 is 4.04. The lowest BCUT2D eigenvalue weighted by Gasteiger charge is -2.12. The number of hydrogen-bond donors (Lipinski definition) is 2. The molecule has 0 spiro atoms. The lowest BCUT2D eigenvalue weighted by molar-refractivity contribution is -0.119. The Morgan fingerprint density at radius 2 is 2.00 bits per heavy atom. The highest BCUT2D eigenvalue weighted by Gasteiger charge is 2.22. The Morgan fingerprint density at radius 3 is 2.56 bits per heavy atom. The highest BCUT2D eigenvalue weighted by atomic mass is 79.9. The van der Waals surface area contributed by atoms with Gasteiger partial charge >= 0.3 is 0 Å². The van der Waals surface area contributed by atoms with E-state index in [4.69, 9.17) is 0 Å². The van der Waals surface area contributed by atoms with Crippen LogP contribution in [0.2, 0.25) is 0 Å². The van der Waals surface area contributed by atoms with E-state index in [2.05, 4.69) is 36.8 Å². The number of carbonyl (C=O) groups is 2. The van der Waals surface area contributed by atoms with Gasteiger partial charge in [-0.05, 0) is 43.1 Å². The minimum atomic E-state index is -0.526. The van der Waals surface area contributed by atoms with Gasteiger partial charge in [-0.15, -0.1) is 0 Å². The first-order valence-corrected chi connectivity index (χ1v) is 9.04. The van der Waals surface area contributed by atoms with E-state index in [0.717, 1.165) is 16.6 Å². The SMILES string of the molecule is CCCNC(=O)c1nn(CC)cc1NC(=O)C(C)n1cc(Br)c(C)n1. The van der Waals surface area contributed by atoms with E-state index in [1.807, 2.05) is 20.8 Å². The first-order valence-electron chi connectivity index (χ1n) is 8.25. The van der Waals surface area contributed by atoms with Gasteiger partial charge in [-0.1, -0.05) is 6.92 Å². The predicted octanol–water partition coefficient (Wildman–Crippen LogP) is 2.51. The molecular weight excluding hydrogens is 388 g/mol. The third-order valence-corrected chi connectivity index (χ3v) is 4.51. The standard InChI is InChI=1S/C16H23BrN6O2/c1-5-7-18-16(25)14-13(9-22(6-2)21-14)19-15(24)11(4)23-8-12(17)10(3)20-23/h8-9,11H,5-7H2,1-4H3,(H,18,25)(H,19,24). The second kappa shape index (κ2) is 8.28. The number of aromatic nitrogens is 4. The van der Waals surface area contributed by atoms with Crippen LogP contribution < -0.4 is 10.6 Å². The van der Waals surface area contributed by atoms with Crippen LogP contribution >= 0.6 is 15.9 Å². The van der Waals surface area contributed by atoms with Crippen LogP contribution in [0, 0.1) is 6.92 Å². The molecule has 2 heterocycles. The maximum Gasteiger partial charge on any atom is 0.273 e. The minimum absolute atomic E-state index is 0.216. The van der Waals surface area contributed by atoms with Crippen LogP contribution in [0.3, 0.4) is 0 Å². The molecule has 2 amide bonds. The Kier molecular flexibility index (Phi) is 6.35. The molecule has 9 heteroatoms. The van der Waals surface area contributed by atoms with Crippen LogP contribution in [-0.2, 0) is 11.3 Å². The topological polar surface area (TPSA) is 93.8 Å². The van der Waals surface area contributed by atoms with E-state index in [1.165, 1.54) is 0 Å². The highest BCUT2D eigenvalue weighted by Crippen LogP contribution is 2.19. The molecule has 2 rings (SSSR count). The molecule has 25 heavy (non-hydrogen) atoms. The van der Waals surface area contributed by atoms with Crippen molar-refractivity contribution in [2.24, 2.45) is 0 Å². The van der Waals surface area contributed by atoms with Gasteiger partial charge in [0.15, 0.2) is 5.69 Å². The normalized spacial score (nSPS) is 12.0. The predicted molar refractivity (Wildman–Crippen MR) is 98.5 cm³/mol. The molecule has 0 radical (unpaired) electrons. The van der Waals surface area contributed by atoms with Crippen molar-refractivity contribution < 1.29 is 9.59 Å². The van der Waals surface area contributed by atoms with Crippen molar-refractivity contribution in [1.29, 1.82) is 0 Å². The van der Waals surface area contributed by atoms with Gasteiger partial charge in [-0.25, -0.2) is 0 Å². The van der Waals surface area contributed by atoms with Gasteiger partial charge in [0.1, 0.15) is 6.04 Å². The van der Waals surface area contributed by atoms with Crippen LogP contribution in [0.25, 0.3) is 0 Å². The average Bonchev–Trinajstić information content (AvgIpc) is 3.15. The molecule has 0 aliphatic rings. The van der Waals surface area contributed by atoms with E-state index in [-0.39, 0.29) is 17.5 Å². The molecule has 0 saturated heterocycles. The van der Waals surface area contributed by atoms with E-state index in [9.17, 15) is 9.59 Å². The van der Waals surface area contributed by atoms with Crippen LogP contribution in [0.15, 0.2) is 16.9 Å². The van der Waals surface area contributed by atoms with Crippen molar-refractivity contribution >= 4 is 33.4 Å². The zero-order valence-corrected chi connectivity index (χ0v) is 16.4. The van der Waals surface area contributed by atoms with Gasteiger partial charge in [0.25, 0.3) is 5.91 Å². The smallest absolute Gasteiger partial charge is 0.273 e. The minimum Gasteiger partial charge on any atom is -0.351 e. The zero-order chi connectivity index (χ0) is 18.6. The Bertz CT molecular complexity index is 747. The molecule has 1 atom stereocenters. The summed E-state index contributed by atoms with van der Waals surface area (Å²) in [5.41, 5.74) is 1.42. The molecule has 136 valence electrons. The van der Waals surface area contributed by atoms with Crippen LogP contribution in [0.4, 0.5) is 5.69 Å². The number of hydrogen-bond acceptors (Lipinski definition) is 4. The van der Waals surface area contributed by atoms with Crippen LogP contribution in [-0.4, -0.2) is 37.9 Å². The second-order valence-corrected chi connectivity index (χ2v) is 6.56. The summed E-state index contributed by atoms with van der Waals surface area (Å²) in [6.07, 6.45) is 4.24. The number of aryl methyl sites for hydroxylation is 2. The van der Waals surface area contributed by atoms with Gasteiger partial charge in [-0.2, -0.15) is 10.2 Å². The number of carbonyl (C=O) groups excluding carboxylic acids is 2. The highest BCUT2D eigenvalue weighted by molar-refractivity contribution is 9.10. The van der Waals surface area contributed by atoms with Crippen LogP contribution in [0.1, 0.15) is 49.4 Å². The van der Waals surface area contributed by atoms with Gasteiger partial charge in [-0.3, -0.25) is 19.0 Å². The third-order valence-electron chi connectivity index (χ3n) is 3.73. The molecule has 8 nitrogen and oxygen atoms in total. The van der Waals surface area contributed by atoms with Crippen molar-refractivity contribution in [3.63, 3.8) is 0 Å². The van der Waals surface area contributed by atoms with E-state index < -0.39 is 6.04 Å². The Morgan fingerprint density at radius 1 is 1.28 bits per heavy atom. The maximum atomic E-state index is 12.6. The third kappa shape index (κ3) is 4.47. The second-order valence-electron chi connectivity index (χ2n) is 5.71. The fourth-order valence-corrected chi connectivity index (χ4v) is 2.47. The van der Waals surface area contributed by atoms with Crippen molar-refractivity contribution in [3.8, 4) is 0 Å². The monoisotopic (exact) mass is 410 g/mol. The van der Waals surface area contributed by atoms with Crippen molar-refractivity contribution in [2.45, 2.75) is 46.7 Å². The van der Waals surface area contributed by atoms with E-state index in [0.29, 0.717) is 18.8 Å². The van der Waals surface area contributed by atoms with E-state index in [1.54, 1.807) is 28.7 Å². The molecule has 0 bridgehead atoms. The molecule has 1 unspecified atom stereocenters. The number of halogens is 1. The maximum absolute atomic E-state index is 12.6. The Balaban J connectivity index is 2.19. The lowest BCUT2D eigenvalue weighted by Crippen LogP contribution is -2.28. The summed E-state index contributed by atoms with van der Waals surface area (Å²) in [6.45, 7) is 8.65. The van der Waals surface area contributed by atoms with Crippen molar-refractivity contribution in [1.82, 2.24) is 24.9 Å². The molecule has 0 aromatic carbocycles. The summed E-state index contributed by atoms with van der Waals surface area (Å²) in [7, 11) is 0. The number of nitrogens with one attached hydrogen (secondary N) is 2. The first-order chi connectivity index (χ1) is 11.9. The average molecular weight is 411 g/mol. The van der Waals surface area contributed by atoms with Crippen LogP contribution in [0.5, 0.6) is 0 Å². The summed E-state index contributed by atoms with van der Waals surface area (Å²) in [5.74, 6) is -0.565. The largest absolute Gasteiger partial charge is 0.351 e. The lowest BCUT2D eigenvalue weighted by atomic mass is 10.3. The summed E-state index contributed by atoms with van der Waals surface area (Å²) in [4.78, 5) is 24.8. The fraction of sp³-hybridized carbons (Fsp3) is 0.500. The first kappa shape index (κ1) is 19.2. The van der Waals surface area contributed by atoms with Gasteiger partial charge in [0.05, 0.1) is 15.9 Å². The number of nitrogens with zero attached hydrogens (tertiary/aromatic N) is 4. The number of amides is 2. The fourth-order valence-electron chi connectivity index (χ4n) is 2.18. The van der Waals surface area contributed by atoms with Crippen molar-refractivity contribution in [3.05, 3.63) is 28.3 Å². The quantitative estimate of drug-likeness (QED) is 0.732. The molecule has 0 aliphatic heterocycles. The van der Waals surface area contributed by atoms with Crippen molar-refractivity contribution in [2.75, 3.05) is 11.9 Å². The summed E-state index contributed by atoms with van der Waals surface area (Å²) >= 11 is 3.39. The van der Waals surface area contributed by atoms with Gasteiger partial charge in [0.2, 0.25) is 5.91 Å². The number of anilines is 1. The molecule has 2 N–H and O–H groups in total.